The molecular weight excluding hydrogens is 402 g/mol. The zero-order valence-electron chi connectivity index (χ0n) is 20.4. The number of hydrogen-bond donors (Lipinski definition) is 3. The Morgan fingerprint density at radius 3 is 2.28 bits per heavy atom. The van der Waals surface area contributed by atoms with E-state index in [-0.39, 0.29) is 11.6 Å². The maximum Gasteiger partial charge on any atom is 0.191 e. The van der Waals surface area contributed by atoms with Crippen molar-refractivity contribution in [3.8, 4) is 0 Å². The molecule has 2 fully saturated rings. The van der Waals surface area contributed by atoms with Crippen molar-refractivity contribution in [2.24, 2.45) is 10.9 Å². The fourth-order valence-electron chi connectivity index (χ4n) is 4.79. The smallest absolute Gasteiger partial charge is 0.191 e. The SMILES string of the molecule is CN=C(NCC(C(C)C)N1CCOCC1)NCC1(NC(C)c2ccccc2)CCOCC1. The molecule has 0 aromatic heterocycles. The molecule has 0 bridgehead atoms. The van der Waals surface area contributed by atoms with E-state index in [9.17, 15) is 0 Å². The number of hydrogen-bond acceptors (Lipinski definition) is 5. The van der Waals surface area contributed by atoms with Crippen LogP contribution in [0.15, 0.2) is 35.3 Å². The zero-order valence-corrected chi connectivity index (χ0v) is 20.4. The summed E-state index contributed by atoms with van der Waals surface area (Å²) < 4.78 is 11.2. The summed E-state index contributed by atoms with van der Waals surface area (Å²) in [6.45, 7) is 13.8. The minimum atomic E-state index is -0.0210. The number of benzene rings is 1. The Morgan fingerprint density at radius 2 is 1.66 bits per heavy atom. The molecule has 3 rings (SSSR count). The standard InChI is InChI=1S/C25H43N5O2/c1-20(2)23(30-12-16-32-17-13-30)18-27-24(26-4)28-19-25(10-14-31-15-11-25)29-21(3)22-8-6-5-7-9-22/h5-9,20-21,23,29H,10-19H2,1-4H3,(H2,26,27,28). The first-order chi connectivity index (χ1) is 15.5. The van der Waals surface area contributed by atoms with Gasteiger partial charge in [0, 0.05) is 64.1 Å². The average Bonchev–Trinajstić information content (AvgIpc) is 2.83. The zero-order chi connectivity index (χ0) is 22.8. The maximum atomic E-state index is 5.69. The summed E-state index contributed by atoms with van der Waals surface area (Å²) in [5, 5.41) is 11.1. The van der Waals surface area contributed by atoms with Crippen LogP contribution < -0.4 is 16.0 Å². The van der Waals surface area contributed by atoms with Gasteiger partial charge in [0.15, 0.2) is 5.96 Å². The van der Waals surface area contributed by atoms with Crippen LogP contribution in [0.5, 0.6) is 0 Å². The molecule has 0 spiro atoms. The second-order valence-electron chi connectivity index (χ2n) is 9.44. The highest BCUT2D eigenvalue weighted by Gasteiger charge is 2.34. The summed E-state index contributed by atoms with van der Waals surface area (Å²) in [6.07, 6.45) is 1.97. The van der Waals surface area contributed by atoms with Crippen molar-refractivity contribution < 1.29 is 9.47 Å². The largest absolute Gasteiger partial charge is 0.381 e. The van der Waals surface area contributed by atoms with E-state index in [1.54, 1.807) is 0 Å². The van der Waals surface area contributed by atoms with Gasteiger partial charge in [0.1, 0.15) is 0 Å². The van der Waals surface area contributed by atoms with Crippen molar-refractivity contribution in [2.75, 3.05) is 59.7 Å². The molecule has 1 aromatic carbocycles. The van der Waals surface area contributed by atoms with Crippen LogP contribution in [0, 0.1) is 5.92 Å². The van der Waals surface area contributed by atoms with Gasteiger partial charge in [-0.2, -0.15) is 0 Å². The van der Waals surface area contributed by atoms with Crippen LogP contribution in [0.4, 0.5) is 0 Å². The molecule has 2 saturated heterocycles. The van der Waals surface area contributed by atoms with Crippen molar-refractivity contribution in [3.63, 3.8) is 0 Å². The van der Waals surface area contributed by atoms with Crippen LogP contribution >= 0.6 is 0 Å². The van der Waals surface area contributed by atoms with Gasteiger partial charge >= 0.3 is 0 Å². The molecule has 2 aliphatic heterocycles. The van der Waals surface area contributed by atoms with Gasteiger partial charge in [0.2, 0.25) is 0 Å². The van der Waals surface area contributed by atoms with Gasteiger partial charge in [0.05, 0.1) is 13.2 Å². The van der Waals surface area contributed by atoms with E-state index < -0.39 is 0 Å². The third kappa shape index (κ3) is 7.17. The number of ether oxygens (including phenoxy) is 2. The van der Waals surface area contributed by atoms with E-state index in [1.165, 1.54) is 5.56 Å². The van der Waals surface area contributed by atoms with E-state index in [2.05, 4.69) is 76.9 Å². The van der Waals surface area contributed by atoms with Gasteiger partial charge in [-0.25, -0.2) is 0 Å². The van der Waals surface area contributed by atoms with Crippen LogP contribution in [-0.2, 0) is 9.47 Å². The van der Waals surface area contributed by atoms with Crippen molar-refractivity contribution >= 4 is 5.96 Å². The van der Waals surface area contributed by atoms with E-state index in [4.69, 9.17) is 9.47 Å². The van der Waals surface area contributed by atoms with Crippen LogP contribution in [0.2, 0.25) is 0 Å². The fraction of sp³-hybridized carbons (Fsp3) is 0.720. The van der Waals surface area contributed by atoms with Crippen LogP contribution in [-0.4, -0.2) is 82.1 Å². The predicted molar refractivity (Wildman–Crippen MR) is 131 cm³/mol. The van der Waals surface area contributed by atoms with Crippen molar-refractivity contribution in [1.29, 1.82) is 0 Å². The minimum absolute atomic E-state index is 0.0210. The highest BCUT2D eigenvalue weighted by atomic mass is 16.5. The molecule has 0 radical (unpaired) electrons. The first kappa shape index (κ1) is 25.0. The first-order valence-corrected chi connectivity index (χ1v) is 12.2. The van der Waals surface area contributed by atoms with E-state index >= 15 is 0 Å². The van der Waals surface area contributed by atoms with Crippen LogP contribution in [0.1, 0.15) is 45.2 Å². The maximum absolute atomic E-state index is 5.69. The summed E-state index contributed by atoms with van der Waals surface area (Å²) in [5.74, 6) is 1.43. The van der Waals surface area contributed by atoms with Gasteiger partial charge in [0.25, 0.3) is 0 Å². The lowest BCUT2D eigenvalue weighted by atomic mass is 9.88. The van der Waals surface area contributed by atoms with Crippen LogP contribution in [0.25, 0.3) is 0 Å². The molecule has 2 unspecified atom stereocenters. The predicted octanol–water partition coefficient (Wildman–Crippen LogP) is 2.41. The lowest BCUT2D eigenvalue weighted by Crippen LogP contribution is -2.59. The molecule has 0 amide bonds. The minimum Gasteiger partial charge on any atom is -0.381 e. The first-order valence-electron chi connectivity index (χ1n) is 12.2. The number of rotatable bonds is 9. The fourth-order valence-corrected chi connectivity index (χ4v) is 4.79. The highest BCUT2D eigenvalue weighted by molar-refractivity contribution is 5.79. The molecule has 2 aliphatic rings. The second-order valence-corrected chi connectivity index (χ2v) is 9.44. The van der Waals surface area contributed by atoms with Gasteiger partial charge in [-0.3, -0.25) is 9.89 Å². The molecule has 1 aromatic rings. The Morgan fingerprint density at radius 1 is 1.00 bits per heavy atom. The number of guanidine groups is 1. The average molecular weight is 446 g/mol. The molecule has 7 nitrogen and oxygen atoms in total. The summed E-state index contributed by atoms with van der Waals surface area (Å²) in [6, 6.07) is 11.4. The van der Waals surface area contributed by atoms with Crippen LogP contribution in [0.3, 0.4) is 0 Å². The van der Waals surface area contributed by atoms with Gasteiger partial charge in [-0.15, -0.1) is 0 Å². The second kappa shape index (κ2) is 12.5. The molecule has 3 N–H and O–H groups in total. The summed E-state index contributed by atoms with van der Waals surface area (Å²) in [7, 11) is 1.85. The molecular formula is C25H43N5O2. The monoisotopic (exact) mass is 445 g/mol. The van der Waals surface area contributed by atoms with E-state index in [0.29, 0.717) is 12.0 Å². The molecule has 7 heteroatoms. The van der Waals surface area contributed by atoms with Crippen molar-refractivity contribution in [1.82, 2.24) is 20.9 Å². The van der Waals surface area contributed by atoms with Gasteiger partial charge in [-0.1, -0.05) is 44.2 Å². The number of nitrogens with zero attached hydrogens (tertiary/aromatic N) is 2. The number of nitrogens with one attached hydrogen (secondary N) is 3. The lowest BCUT2D eigenvalue weighted by molar-refractivity contribution is 0.00748. The molecule has 32 heavy (non-hydrogen) atoms. The Labute approximate surface area is 194 Å². The lowest BCUT2D eigenvalue weighted by Gasteiger charge is -2.41. The molecule has 2 heterocycles. The molecule has 180 valence electrons. The third-order valence-corrected chi connectivity index (χ3v) is 6.85. The summed E-state index contributed by atoms with van der Waals surface area (Å²) in [5.41, 5.74) is 1.29. The van der Waals surface area contributed by atoms with Crippen molar-refractivity contribution in [3.05, 3.63) is 35.9 Å². The number of aliphatic imine (C=N–C) groups is 1. The van der Waals surface area contributed by atoms with E-state index in [0.717, 1.165) is 71.4 Å². The quantitative estimate of drug-likeness (QED) is 0.401. The Balaban J connectivity index is 1.57. The normalized spacial score (nSPS) is 21.8. The summed E-state index contributed by atoms with van der Waals surface area (Å²) >= 11 is 0. The number of morpholine rings is 1. The highest BCUT2D eigenvalue weighted by Crippen LogP contribution is 2.25. The van der Waals surface area contributed by atoms with Gasteiger partial charge < -0.3 is 25.4 Å². The molecule has 0 saturated carbocycles. The third-order valence-electron chi connectivity index (χ3n) is 6.85. The Hall–Kier alpha value is -1.67. The Kier molecular flexibility index (Phi) is 9.78. The topological polar surface area (TPSA) is 70.2 Å². The van der Waals surface area contributed by atoms with Gasteiger partial charge in [-0.05, 0) is 31.2 Å². The van der Waals surface area contributed by atoms with Crippen molar-refractivity contribution in [2.45, 2.75) is 51.2 Å². The Bertz CT molecular complexity index is 685. The summed E-state index contributed by atoms with van der Waals surface area (Å²) in [4.78, 5) is 7.05. The molecule has 2 atom stereocenters. The molecule has 0 aliphatic carbocycles. The van der Waals surface area contributed by atoms with E-state index in [1.807, 2.05) is 7.05 Å².